The first-order valence-electron chi connectivity index (χ1n) is 8.90. The van der Waals surface area contributed by atoms with Crippen molar-refractivity contribution in [1.82, 2.24) is 24.8 Å². The maximum absolute atomic E-state index is 14.1. The fourth-order valence-corrected chi connectivity index (χ4v) is 2.69. The molecule has 3 aromatic rings. The lowest BCUT2D eigenvalue weighted by Gasteiger charge is -2.11. The van der Waals surface area contributed by atoms with E-state index < -0.39 is 34.7 Å². The molecule has 0 saturated heterocycles. The molecule has 0 spiro atoms. The summed E-state index contributed by atoms with van der Waals surface area (Å²) in [7, 11) is 0.981. The van der Waals surface area contributed by atoms with Gasteiger partial charge in [0, 0.05) is 24.8 Å². The molecule has 8 nitrogen and oxygen atoms in total. The van der Waals surface area contributed by atoms with Gasteiger partial charge in [0.05, 0.1) is 18.4 Å². The molecule has 0 aliphatic rings. The van der Waals surface area contributed by atoms with Crippen LogP contribution in [0.3, 0.4) is 0 Å². The van der Waals surface area contributed by atoms with E-state index in [1.54, 1.807) is 12.4 Å². The molecule has 0 atom stereocenters. The molecule has 3 rings (SSSR count). The minimum absolute atomic E-state index is 0.0716. The zero-order valence-corrected chi connectivity index (χ0v) is 16.5. The molecular weight excluding hydrogens is 401 g/mol. The number of carbonyl (C=O) groups is 1. The molecule has 2 heterocycles. The first-order valence-corrected chi connectivity index (χ1v) is 8.90. The molecule has 0 saturated carbocycles. The van der Waals surface area contributed by atoms with Crippen LogP contribution in [0.15, 0.2) is 24.8 Å². The number of ether oxygens (including phenoxy) is 1. The number of hydrogen-bond acceptors (Lipinski definition) is 6. The number of nitrogens with zero attached hydrogens (tertiary/aromatic N) is 4. The number of nitrogens with one attached hydrogen (secondary N) is 2. The maximum atomic E-state index is 14.1. The summed E-state index contributed by atoms with van der Waals surface area (Å²) in [4.78, 5) is 24.7. The second kappa shape index (κ2) is 8.80. The van der Waals surface area contributed by atoms with E-state index in [1.807, 2.05) is 18.4 Å². The van der Waals surface area contributed by atoms with Crippen molar-refractivity contribution in [1.29, 1.82) is 0 Å². The zero-order valence-electron chi connectivity index (χ0n) is 16.5. The molecule has 0 radical (unpaired) electrons. The van der Waals surface area contributed by atoms with Crippen LogP contribution in [-0.4, -0.2) is 45.6 Å². The Kier molecular flexibility index (Phi) is 6.19. The lowest BCUT2D eigenvalue weighted by atomic mass is 10.1. The first-order chi connectivity index (χ1) is 14.3. The fourth-order valence-electron chi connectivity index (χ4n) is 2.69. The Labute approximate surface area is 170 Å². The Morgan fingerprint density at radius 2 is 1.87 bits per heavy atom. The third kappa shape index (κ3) is 4.19. The molecule has 0 fully saturated rings. The number of imidazole rings is 1. The van der Waals surface area contributed by atoms with Gasteiger partial charge in [0.2, 0.25) is 5.82 Å². The Balaban J connectivity index is 1.61. The van der Waals surface area contributed by atoms with Crippen LogP contribution in [0.5, 0.6) is 5.75 Å². The minimum Gasteiger partial charge on any atom is -0.491 e. The Bertz CT molecular complexity index is 1090. The lowest BCUT2D eigenvalue weighted by Crippen LogP contribution is -2.30. The lowest BCUT2D eigenvalue weighted by molar-refractivity contribution is 0.0949. The molecule has 11 heteroatoms. The molecular formula is C19H19F3N6O2. The molecule has 0 unspecified atom stereocenters. The average Bonchev–Trinajstić information content (AvgIpc) is 3.07. The van der Waals surface area contributed by atoms with Crippen molar-refractivity contribution in [2.45, 2.75) is 13.8 Å². The number of methoxy groups -OCH3 is 1. The van der Waals surface area contributed by atoms with Gasteiger partial charge in [-0.05, 0) is 19.9 Å². The van der Waals surface area contributed by atoms with Gasteiger partial charge in [-0.15, -0.1) is 0 Å². The molecule has 2 aromatic heterocycles. The van der Waals surface area contributed by atoms with Crippen molar-refractivity contribution in [3.05, 3.63) is 59.2 Å². The van der Waals surface area contributed by atoms with Gasteiger partial charge in [-0.2, -0.15) is 4.39 Å². The van der Waals surface area contributed by atoms with E-state index in [0.717, 1.165) is 18.5 Å². The molecule has 1 amide bonds. The summed E-state index contributed by atoms with van der Waals surface area (Å²) < 4.78 is 47.5. The molecule has 30 heavy (non-hydrogen) atoms. The van der Waals surface area contributed by atoms with Gasteiger partial charge in [0.15, 0.2) is 17.4 Å². The van der Waals surface area contributed by atoms with E-state index in [0.29, 0.717) is 17.7 Å². The molecule has 2 N–H and O–H groups in total. The number of halogens is 3. The van der Waals surface area contributed by atoms with Gasteiger partial charge in [-0.1, -0.05) is 0 Å². The van der Waals surface area contributed by atoms with E-state index in [1.165, 1.54) is 6.33 Å². The SMILES string of the molecule is COc1c(F)c(F)cc(C(=O)NCCNc2cc(-n3cnc(C)c3C)ncn2)c1F. The molecule has 0 aliphatic carbocycles. The normalized spacial score (nSPS) is 10.7. The van der Waals surface area contributed by atoms with Crippen LogP contribution >= 0.6 is 0 Å². The molecule has 0 aliphatic heterocycles. The summed E-state index contributed by atoms with van der Waals surface area (Å²) >= 11 is 0. The largest absolute Gasteiger partial charge is 0.491 e. The minimum atomic E-state index is -1.49. The highest BCUT2D eigenvalue weighted by Crippen LogP contribution is 2.26. The van der Waals surface area contributed by atoms with E-state index >= 15 is 0 Å². The van der Waals surface area contributed by atoms with Gasteiger partial charge >= 0.3 is 0 Å². The third-order valence-electron chi connectivity index (χ3n) is 4.43. The number of carbonyl (C=O) groups excluding carboxylic acids is 1. The van der Waals surface area contributed by atoms with E-state index in [2.05, 4.69) is 30.3 Å². The van der Waals surface area contributed by atoms with Crippen LogP contribution in [0.1, 0.15) is 21.7 Å². The van der Waals surface area contributed by atoms with Crippen molar-refractivity contribution in [3.8, 4) is 11.6 Å². The van der Waals surface area contributed by atoms with E-state index in [-0.39, 0.29) is 13.1 Å². The highest BCUT2D eigenvalue weighted by Gasteiger charge is 2.23. The fraction of sp³-hybridized carbons (Fsp3) is 0.263. The van der Waals surface area contributed by atoms with Crippen molar-refractivity contribution >= 4 is 11.7 Å². The number of hydrogen-bond donors (Lipinski definition) is 2. The van der Waals surface area contributed by atoms with Crippen molar-refractivity contribution in [3.63, 3.8) is 0 Å². The third-order valence-corrected chi connectivity index (χ3v) is 4.43. The Morgan fingerprint density at radius 3 is 2.53 bits per heavy atom. The predicted octanol–water partition coefficient (Wildman–Crippen LogP) is 2.55. The number of aromatic nitrogens is 4. The number of benzene rings is 1. The van der Waals surface area contributed by atoms with Crippen molar-refractivity contribution in [2.24, 2.45) is 0 Å². The van der Waals surface area contributed by atoms with Crippen molar-refractivity contribution in [2.75, 3.05) is 25.5 Å². The quantitative estimate of drug-likeness (QED) is 0.451. The van der Waals surface area contributed by atoms with Gasteiger partial charge < -0.3 is 15.4 Å². The van der Waals surface area contributed by atoms with E-state index in [9.17, 15) is 18.0 Å². The van der Waals surface area contributed by atoms with Crippen molar-refractivity contribution < 1.29 is 22.7 Å². The molecule has 1 aromatic carbocycles. The molecule has 0 bridgehead atoms. The topological polar surface area (TPSA) is 94.0 Å². The average molecular weight is 420 g/mol. The second-order valence-corrected chi connectivity index (χ2v) is 6.30. The second-order valence-electron chi connectivity index (χ2n) is 6.30. The van der Waals surface area contributed by atoms with Crippen LogP contribution < -0.4 is 15.4 Å². The number of anilines is 1. The zero-order chi connectivity index (χ0) is 21.8. The van der Waals surface area contributed by atoms with Crippen LogP contribution in [-0.2, 0) is 0 Å². The maximum Gasteiger partial charge on any atom is 0.254 e. The molecule has 158 valence electrons. The summed E-state index contributed by atoms with van der Waals surface area (Å²) in [5.41, 5.74) is 1.17. The summed E-state index contributed by atoms with van der Waals surface area (Å²) in [5, 5.41) is 5.42. The number of rotatable bonds is 7. The van der Waals surface area contributed by atoms with Crippen LogP contribution in [0.2, 0.25) is 0 Å². The van der Waals surface area contributed by atoms with Gasteiger partial charge in [-0.25, -0.2) is 23.7 Å². The highest BCUT2D eigenvalue weighted by atomic mass is 19.2. The smallest absolute Gasteiger partial charge is 0.254 e. The first kappa shape index (κ1) is 21.1. The van der Waals surface area contributed by atoms with E-state index in [4.69, 9.17) is 0 Å². The summed E-state index contributed by atoms with van der Waals surface area (Å²) in [6.45, 7) is 4.12. The van der Waals surface area contributed by atoms with Gasteiger partial charge in [-0.3, -0.25) is 9.36 Å². The van der Waals surface area contributed by atoms with Crippen LogP contribution in [0, 0.1) is 31.3 Å². The number of amides is 1. The Morgan fingerprint density at radius 1 is 1.10 bits per heavy atom. The summed E-state index contributed by atoms with van der Waals surface area (Å²) in [6.07, 6.45) is 3.04. The summed E-state index contributed by atoms with van der Waals surface area (Å²) in [6, 6.07) is 2.19. The van der Waals surface area contributed by atoms with Gasteiger partial charge in [0.1, 0.15) is 24.3 Å². The van der Waals surface area contributed by atoms with Crippen LogP contribution in [0.25, 0.3) is 5.82 Å². The monoisotopic (exact) mass is 420 g/mol. The standard InChI is InChI=1S/C19H19F3N6O2/c1-10-11(2)28(9-27-10)15-7-14(25-8-26-15)23-4-5-24-19(29)12-6-13(20)17(22)18(30-3)16(12)21/h6-9H,4-5H2,1-3H3,(H,24,29)(H,23,25,26). The predicted molar refractivity (Wildman–Crippen MR) is 102 cm³/mol. The summed E-state index contributed by atoms with van der Waals surface area (Å²) in [5.74, 6) is -4.87. The number of aryl methyl sites for hydroxylation is 1. The highest BCUT2D eigenvalue weighted by molar-refractivity contribution is 5.95. The Hall–Kier alpha value is -3.63. The van der Waals surface area contributed by atoms with Gasteiger partial charge in [0.25, 0.3) is 5.91 Å². The van der Waals surface area contributed by atoms with Crippen LogP contribution in [0.4, 0.5) is 19.0 Å².